The van der Waals surface area contributed by atoms with Crippen LogP contribution in [0.25, 0.3) is 22.2 Å². The lowest BCUT2D eigenvalue weighted by atomic mass is 10.1. The third-order valence-corrected chi connectivity index (χ3v) is 6.71. The van der Waals surface area contributed by atoms with Crippen molar-refractivity contribution in [1.29, 1.82) is 0 Å². The zero-order valence-corrected chi connectivity index (χ0v) is 25.4. The number of likely N-dealkylation sites (N-methyl/N-ethyl adjacent to an activating group) is 2. The zero-order chi connectivity index (χ0) is 29.7. The van der Waals surface area contributed by atoms with Gasteiger partial charge in [0.05, 0.1) is 36.4 Å². The van der Waals surface area contributed by atoms with Crippen LogP contribution in [0.5, 0.6) is 5.75 Å². The molecule has 4 aromatic rings. The Hall–Kier alpha value is -3.78. The van der Waals surface area contributed by atoms with Crippen LogP contribution in [0.4, 0.5) is 31.8 Å². The van der Waals surface area contributed by atoms with E-state index in [4.69, 9.17) is 4.74 Å². The number of carbonyl (C=O) groups is 1. The summed E-state index contributed by atoms with van der Waals surface area (Å²) < 4.78 is 32.1. The lowest BCUT2D eigenvalue weighted by molar-refractivity contribution is -0.111. The number of ether oxygens (including phenoxy) is 1. The molecule has 9 nitrogen and oxygen atoms in total. The van der Waals surface area contributed by atoms with Crippen molar-refractivity contribution in [3.05, 3.63) is 67.5 Å². The van der Waals surface area contributed by atoms with Gasteiger partial charge in [0.1, 0.15) is 5.75 Å². The molecule has 0 atom stereocenters. The van der Waals surface area contributed by atoms with E-state index in [-0.39, 0.29) is 11.9 Å². The molecular weight excluding hydrogens is 643 g/mol. The molecule has 0 aliphatic rings. The number of rotatable bonds is 12. The molecule has 0 radical (unpaired) electrons. The third kappa shape index (κ3) is 7.50. The summed E-state index contributed by atoms with van der Waals surface area (Å²) in [5.74, 6) is 0.435. The summed E-state index contributed by atoms with van der Waals surface area (Å²) in [5, 5.41) is 6.87. The maximum absolute atomic E-state index is 13.9. The molecule has 0 aliphatic heterocycles. The lowest BCUT2D eigenvalue weighted by Crippen LogP contribution is -2.29. The van der Waals surface area contributed by atoms with E-state index in [1.165, 1.54) is 10.6 Å². The number of amides is 1. The first kappa shape index (κ1) is 30.2. The van der Waals surface area contributed by atoms with E-state index in [1.54, 1.807) is 31.6 Å². The van der Waals surface area contributed by atoms with Crippen molar-refractivity contribution < 1.29 is 18.3 Å². The zero-order valence-electron chi connectivity index (χ0n) is 23.3. The predicted octanol–water partition coefficient (Wildman–Crippen LogP) is 6.00. The van der Waals surface area contributed by atoms with Crippen molar-refractivity contribution in [3.8, 4) is 17.0 Å². The van der Waals surface area contributed by atoms with Crippen molar-refractivity contribution in [1.82, 2.24) is 19.4 Å². The summed E-state index contributed by atoms with van der Waals surface area (Å²) in [6.45, 7) is 4.61. The van der Waals surface area contributed by atoms with Crippen molar-refractivity contribution in [2.75, 3.05) is 56.9 Å². The van der Waals surface area contributed by atoms with Crippen LogP contribution in [0.3, 0.4) is 0 Å². The molecule has 2 aromatic heterocycles. The van der Waals surface area contributed by atoms with Gasteiger partial charge in [-0.1, -0.05) is 24.8 Å². The topological polar surface area (TPSA) is 87.5 Å². The normalized spacial score (nSPS) is 11.5. The van der Waals surface area contributed by atoms with Gasteiger partial charge < -0.3 is 29.7 Å². The third-order valence-electron chi connectivity index (χ3n) is 6.37. The Morgan fingerprint density at radius 1 is 1.17 bits per heavy atom. The number of nitrogens with one attached hydrogen (secondary N) is 2. The van der Waals surface area contributed by atoms with Crippen LogP contribution in [0, 0.1) is 0 Å². The fraction of sp³-hybridized carbons (Fsp3) is 0.276. The van der Waals surface area contributed by atoms with Crippen LogP contribution < -0.4 is 20.3 Å². The number of hydrogen-bond donors (Lipinski definition) is 2. The van der Waals surface area contributed by atoms with Crippen LogP contribution in [-0.4, -0.2) is 70.6 Å². The van der Waals surface area contributed by atoms with Crippen molar-refractivity contribution in [2.45, 2.75) is 10.5 Å². The number of methoxy groups -OCH3 is 1. The smallest absolute Gasteiger partial charge is 0.313 e. The Labute approximate surface area is 251 Å². The maximum Gasteiger partial charge on any atom is 0.313 e. The van der Waals surface area contributed by atoms with Crippen LogP contribution >= 0.6 is 22.6 Å². The second-order valence-corrected chi connectivity index (χ2v) is 11.3. The predicted molar refractivity (Wildman–Crippen MR) is 169 cm³/mol. The van der Waals surface area contributed by atoms with E-state index in [9.17, 15) is 13.6 Å². The standard InChI is InChI=1S/C29H32F2IN7O2/c1-6-27(40)34-22-15-23(26(41-5)16-25(22)38(4)14-13-37(2)3)36-28-33-12-11-21(35-28)20-17-39(18-29(30,31)32)24-10-8-7-9-19(20)24/h6-12,15-17H,1,13-14,18H2,2-5H3,(H,34,40)(H,33,35,36). The number of hydrogen-bond acceptors (Lipinski definition) is 7. The number of fused-ring (bicyclic) bond motifs is 1. The molecule has 2 aromatic carbocycles. The van der Waals surface area contributed by atoms with E-state index in [1.807, 2.05) is 56.4 Å². The number of halogens is 3. The average molecular weight is 676 g/mol. The number of carbonyl (C=O) groups excluding carboxylic acids is 1. The summed E-state index contributed by atoms with van der Waals surface area (Å²) in [4.78, 5) is 25.4. The number of alkyl halides is 3. The lowest BCUT2D eigenvalue weighted by Gasteiger charge is -2.26. The van der Waals surface area contributed by atoms with Crippen LogP contribution in [0.15, 0.2) is 67.5 Å². The van der Waals surface area contributed by atoms with Gasteiger partial charge in [-0.25, -0.2) is 9.97 Å². The van der Waals surface area contributed by atoms with E-state index >= 15 is 0 Å². The molecule has 0 aliphatic carbocycles. The second-order valence-electron chi connectivity index (χ2n) is 9.68. The summed E-state index contributed by atoms with van der Waals surface area (Å²) in [7, 11) is 7.48. The Bertz CT molecular complexity index is 1550. The Morgan fingerprint density at radius 2 is 1.93 bits per heavy atom. The molecule has 0 bridgehead atoms. The van der Waals surface area contributed by atoms with E-state index in [0.717, 1.165) is 40.2 Å². The van der Waals surface area contributed by atoms with Crippen molar-refractivity contribution >= 4 is 62.4 Å². The van der Waals surface area contributed by atoms with E-state index in [0.29, 0.717) is 40.4 Å². The molecule has 2 N–H and O–H groups in total. The molecule has 0 saturated heterocycles. The minimum Gasteiger partial charge on any atom is -0.494 e. The van der Waals surface area contributed by atoms with Gasteiger partial charge in [0.25, 0.3) is 0 Å². The summed E-state index contributed by atoms with van der Waals surface area (Å²) in [6, 6.07) is 12.7. The average Bonchev–Trinajstić information content (AvgIpc) is 3.29. The number of para-hydroxylation sites is 1. The maximum atomic E-state index is 13.9. The molecular formula is C29H32F2IN7O2. The monoisotopic (exact) mass is 675 g/mol. The fourth-order valence-electron chi connectivity index (χ4n) is 4.37. The minimum absolute atomic E-state index is 0.270. The van der Waals surface area contributed by atoms with Gasteiger partial charge >= 0.3 is 3.93 Å². The Kier molecular flexibility index (Phi) is 9.43. The van der Waals surface area contributed by atoms with Crippen LogP contribution in [0.1, 0.15) is 0 Å². The van der Waals surface area contributed by atoms with Gasteiger partial charge in [0.2, 0.25) is 11.9 Å². The largest absolute Gasteiger partial charge is 0.494 e. The number of aromatic nitrogens is 3. The van der Waals surface area contributed by atoms with Gasteiger partial charge in [-0.2, -0.15) is 8.78 Å². The first-order chi connectivity index (χ1) is 19.5. The Morgan fingerprint density at radius 3 is 2.61 bits per heavy atom. The summed E-state index contributed by atoms with van der Waals surface area (Å²) in [6.07, 6.45) is 4.49. The second kappa shape index (κ2) is 12.8. The Balaban J connectivity index is 1.72. The van der Waals surface area contributed by atoms with Gasteiger partial charge in [0.15, 0.2) is 0 Å². The van der Waals surface area contributed by atoms with Gasteiger partial charge in [-0.3, -0.25) is 4.79 Å². The SMILES string of the molecule is C=CC(=O)Nc1cc(Nc2nccc(-c3cn(CC(F)(F)I)c4ccccc34)n2)c(OC)cc1N(C)CCN(C)C. The molecule has 2 heterocycles. The first-order valence-electron chi connectivity index (χ1n) is 12.8. The molecule has 0 fully saturated rings. The molecule has 0 unspecified atom stereocenters. The van der Waals surface area contributed by atoms with Gasteiger partial charge in [-0.05, 0) is 38.4 Å². The van der Waals surface area contributed by atoms with Crippen molar-refractivity contribution in [3.63, 3.8) is 0 Å². The number of benzene rings is 2. The molecule has 0 spiro atoms. The van der Waals surface area contributed by atoms with E-state index in [2.05, 4.69) is 32.1 Å². The van der Waals surface area contributed by atoms with Gasteiger partial charge in [0, 0.05) is 77.7 Å². The quantitative estimate of drug-likeness (QED) is 0.108. The number of nitrogens with zero attached hydrogens (tertiary/aromatic N) is 5. The highest BCUT2D eigenvalue weighted by Crippen LogP contribution is 2.38. The molecule has 12 heteroatoms. The minimum atomic E-state index is -2.91. The molecule has 216 valence electrons. The molecule has 4 rings (SSSR count). The van der Waals surface area contributed by atoms with Crippen LogP contribution in [-0.2, 0) is 11.3 Å². The van der Waals surface area contributed by atoms with Gasteiger partial charge in [-0.15, -0.1) is 0 Å². The number of anilines is 4. The highest BCUT2D eigenvalue weighted by Gasteiger charge is 2.26. The highest BCUT2D eigenvalue weighted by molar-refractivity contribution is 14.1. The fourth-order valence-corrected chi connectivity index (χ4v) is 4.74. The van der Waals surface area contributed by atoms with E-state index < -0.39 is 10.5 Å². The molecule has 41 heavy (non-hydrogen) atoms. The van der Waals surface area contributed by atoms with Crippen LogP contribution in [0.2, 0.25) is 0 Å². The summed E-state index contributed by atoms with van der Waals surface area (Å²) in [5.41, 5.74) is 3.80. The molecule has 0 saturated carbocycles. The van der Waals surface area contributed by atoms with Crippen molar-refractivity contribution in [2.24, 2.45) is 0 Å². The molecule has 1 amide bonds. The highest BCUT2D eigenvalue weighted by atomic mass is 127. The summed E-state index contributed by atoms with van der Waals surface area (Å²) >= 11 is 1.15. The first-order valence-corrected chi connectivity index (χ1v) is 13.8.